The van der Waals surface area contributed by atoms with Gasteiger partial charge in [0.05, 0.1) is 12.7 Å². The fourth-order valence-corrected chi connectivity index (χ4v) is 2.12. The maximum atomic E-state index is 11.6. The van der Waals surface area contributed by atoms with Crippen LogP contribution in [-0.2, 0) is 14.3 Å². The highest BCUT2D eigenvalue weighted by Gasteiger charge is 2.21. The minimum Gasteiger partial charge on any atom is -0.493 e. The summed E-state index contributed by atoms with van der Waals surface area (Å²) in [7, 11) is 0. The lowest BCUT2D eigenvalue weighted by atomic mass is 10.0. The maximum Gasteiger partial charge on any atom is 0.306 e. The molecule has 6 nitrogen and oxygen atoms in total. The topological polar surface area (TPSA) is 100 Å². The second-order valence-corrected chi connectivity index (χ2v) is 5.67. The van der Waals surface area contributed by atoms with Gasteiger partial charge in [0.15, 0.2) is 12.4 Å². The lowest BCUT2D eigenvalue weighted by Crippen LogP contribution is -2.25. The number of nitrogens with zero attached hydrogens (tertiary/aromatic N) is 1. The van der Waals surface area contributed by atoms with E-state index in [2.05, 4.69) is 0 Å². The average molecular weight is 351 g/mol. The quantitative estimate of drug-likeness (QED) is 0.419. The molecule has 0 radical (unpaired) electrons. The molecule has 0 aliphatic rings. The van der Waals surface area contributed by atoms with Gasteiger partial charge in [0.1, 0.15) is 11.7 Å². The van der Waals surface area contributed by atoms with Gasteiger partial charge in [-0.2, -0.15) is 5.26 Å². The van der Waals surface area contributed by atoms with E-state index in [1.54, 1.807) is 24.3 Å². The molecule has 1 aromatic carbocycles. The standard InChI is InChI=1S/C17H19ClN2O4/c1-11-8-13(18)5-6-16(11)23-7-3-4-17(22)24-10-15(21)14(9-19)12(2)20/h5-6,8,14,20H,3-4,7,10H2,1-2H3/t14-/m1/s1. The Bertz CT molecular complexity index is 667. The van der Waals surface area contributed by atoms with Gasteiger partial charge in [-0.05, 0) is 44.0 Å². The first-order chi connectivity index (χ1) is 11.3. The number of hydrogen-bond acceptors (Lipinski definition) is 6. The van der Waals surface area contributed by atoms with Crippen molar-refractivity contribution in [2.24, 2.45) is 5.92 Å². The molecule has 0 fully saturated rings. The Morgan fingerprint density at radius 3 is 2.71 bits per heavy atom. The molecule has 7 heteroatoms. The van der Waals surface area contributed by atoms with E-state index in [9.17, 15) is 9.59 Å². The van der Waals surface area contributed by atoms with Crippen molar-refractivity contribution < 1.29 is 19.1 Å². The Morgan fingerprint density at radius 1 is 1.42 bits per heavy atom. The fraction of sp³-hybridized carbons (Fsp3) is 0.412. The molecule has 0 unspecified atom stereocenters. The number of esters is 1. The van der Waals surface area contributed by atoms with Crippen LogP contribution in [0.5, 0.6) is 5.75 Å². The van der Waals surface area contributed by atoms with Crippen LogP contribution in [-0.4, -0.2) is 30.7 Å². The van der Waals surface area contributed by atoms with Crippen LogP contribution in [0.15, 0.2) is 18.2 Å². The van der Waals surface area contributed by atoms with E-state index in [1.165, 1.54) is 6.92 Å². The van der Waals surface area contributed by atoms with Crippen molar-refractivity contribution in [2.75, 3.05) is 13.2 Å². The van der Waals surface area contributed by atoms with E-state index in [0.29, 0.717) is 23.8 Å². The van der Waals surface area contributed by atoms with Crippen molar-refractivity contribution in [3.63, 3.8) is 0 Å². The van der Waals surface area contributed by atoms with Crippen molar-refractivity contribution in [1.82, 2.24) is 0 Å². The number of ketones is 1. The number of carbonyl (C=O) groups is 2. The minimum absolute atomic E-state index is 0.0646. The molecule has 0 heterocycles. The van der Waals surface area contributed by atoms with E-state index in [0.717, 1.165) is 5.56 Å². The lowest BCUT2D eigenvalue weighted by molar-refractivity contribution is -0.148. The van der Waals surface area contributed by atoms with Gasteiger partial charge in [0.25, 0.3) is 0 Å². The van der Waals surface area contributed by atoms with Gasteiger partial charge in [0.2, 0.25) is 0 Å². The van der Waals surface area contributed by atoms with Gasteiger partial charge in [-0.1, -0.05) is 11.6 Å². The number of Topliss-reactive ketones (excluding diaryl/α,β-unsaturated/α-hetero) is 1. The van der Waals surface area contributed by atoms with Crippen LogP contribution < -0.4 is 4.74 Å². The fourth-order valence-electron chi connectivity index (χ4n) is 1.89. The molecule has 0 aliphatic heterocycles. The van der Waals surface area contributed by atoms with Gasteiger partial charge in [0, 0.05) is 17.2 Å². The Labute approximate surface area is 145 Å². The number of aryl methyl sites for hydroxylation is 1. The first kappa shape index (κ1) is 19.7. The van der Waals surface area contributed by atoms with E-state index in [-0.39, 0.29) is 12.1 Å². The molecule has 1 rings (SSSR count). The van der Waals surface area contributed by atoms with E-state index in [4.69, 9.17) is 31.7 Å². The van der Waals surface area contributed by atoms with Crippen LogP contribution in [0.4, 0.5) is 0 Å². The molecule has 24 heavy (non-hydrogen) atoms. The molecule has 0 aliphatic carbocycles. The highest BCUT2D eigenvalue weighted by atomic mass is 35.5. The van der Waals surface area contributed by atoms with Gasteiger partial charge in [-0.15, -0.1) is 0 Å². The normalized spacial score (nSPS) is 11.2. The molecule has 0 spiro atoms. The summed E-state index contributed by atoms with van der Waals surface area (Å²) in [6, 6.07) is 6.98. The number of halogens is 1. The van der Waals surface area contributed by atoms with Crippen molar-refractivity contribution in [3.8, 4) is 11.8 Å². The zero-order chi connectivity index (χ0) is 18.1. The highest BCUT2D eigenvalue weighted by molar-refractivity contribution is 6.30. The van der Waals surface area contributed by atoms with Crippen molar-refractivity contribution in [3.05, 3.63) is 28.8 Å². The second-order valence-electron chi connectivity index (χ2n) is 5.23. The number of ether oxygens (including phenoxy) is 2. The molecular formula is C17H19ClN2O4. The Balaban J connectivity index is 2.28. The smallest absolute Gasteiger partial charge is 0.306 e. The summed E-state index contributed by atoms with van der Waals surface area (Å²) in [6.45, 7) is 3.07. The first-order valence-electron chi connectivity index (χ1n) is 7.37. The van der Waals surface area contributed by atoms with Crippen molar-refractivity contribution in [1.29, 1.82) is 10.7 Å². The lowest BCUT2D eigenvalue weighted by Gasteiger charge is -2.10. The number of rotatable bonds is 9. The predicted octanol–water partition coefficient (Wildman–Crippen LogP) is 3.10. The highest BCUT2D eigenvalue weighted by Crippen LogP contribution is 2.21. The molecule has 0 bridgehead atoms. The summed E-state index contributed by atoms with van der Waals surface area (Å²) >= 11 is 5.85. The van der Waals surface area contributed by atoms with Crippen LogP contribution >= 0.6 is 11.6 Å². The summed E-state index contributed by atoms with van der Waals surface area (Å²) in [5.74, 6) is -1.60. The van der Waals surface area contributed by atoms with Crippen molar-refractivity contribution in [2.45, 2.75) is 26.7 Å². The molecular weight excluding hydrogens is 332 g/mol. The zero-order valence-corrected chi connectivity index (χ0v) is 14.4. The summed E-state index contributed by atoms with van der Waals surface area (Å²) in [4.78, 5) is 23.2. The van der Waals surface area contributed by atoms with Crippen molar-refractivity contribution >= 4 is 29.1 Å². The third kappa shape index (κ3) is 6.39. The van der Waals surface area contributed by atoms with E-state index >= 15 is 0 Å². The number of nitriles is 1. The SMILES string of the molecule is CC(=N)[C@@H](C#N)C(=O)COC(=O)CCCOc1ccc(Cl)cc1C. The molecule has 128 valence electrons. The van der Waals surface area contributed by atoms with Crippen LogP contribution in [0.25, 0.3) is 0 Å². The van der Waals surface area contributed by atoms with Crippen LogP contribution in [0.1, 0.15) is 25.3 Å². The summed E-state index contributed by atoms with van der Waals surface area (Å²) in [5, 5.41) is 16.7. The maximum absolute atomic E-state index is 11.6. The Morgan fingerprint density at radius 2 is 2.12 bits per heavy atom. The second kappa shape index (κ2) is 9.68. The largest absolute Gasteiger partial charge is 0.493 e. The van der Waals surface area contributed by atoms with E-state index < -0.39 is 24.3 Å². The number of carbonyl (C=O) groups excluding carboxylic acids is 2. The first-order valence-corrected chi connectivity index (χ1v) is 7.75. The summed E-state index contributed by atoms with van der Waals surface area (Å²) in [6.07, 6.45) is 0.529. The number of benzene rings is 1. The molecule has 1 aromatic rings. The minimum atomic E-state index is -1.16. The third-order valence-electron chi connectivity index (χ3n) is 3.18. The molecule has 1 atom stereocenters. The van der Waals surface area contributed by atoms with Gasteiger partial charge in [-0.3, -0.25) is 9.59 Å². The summed E-state index contributed by atoms with van der Waals surface area (Å²) < 4.78 is 10.4. The third-order valence-corrected chi connectivity index (χ3v) is 3.41. The van der Waals surface area contributed by atoms with Crippen LogP contribution in [0.3, 0.4) is 0 Å². The molecule has 0 amide bonds. The Kier molecular flexibility index (Phi) is 7.93. The van der Waals surface area contributed by atoms with Crippen LogP contribution in [0, 0.1) is 29.6 Å². The monoisotopic (exact) mass is 350 g/mol. The summed E-state index contributed by atoms with van der Waals surface area (Å²) in [5.41, 5.74) is 0.838. The Hall–Kier alpha value is -2.39. The van der Waals surface area contributed by atoms with Gasteiger partial charge >= 0.3 is 5.97 Å². The van der Waals surface area contributed by atoms with E-state index in [1.807, 2.05) is 6.92 Å². The molecule has 0 saturated heterocycles. The molecule has 0 aromatic heterocycles. The number of nitrogens with one attached hydrogen (secondary N) is 1. The number of hydrogen-bond donors (Lipinski definition) is 1. The molecule has 1 N–H and O–H groups in total. The molecule has 0 saturated carbocycles. The zero-order valence-electron chi connectivity index (χ0n) is 13.6. The van der Waals surface area contributed by atoms with Gasteiger partial charge < -0.3 is 14.9 Å². The van der Waals surface area contributed by atoms with Gasteiger partial charge in [-0.25, -0.2) is 0 Å². The van der Waals surface area contributed by atoms with Crippen LogP contribution in [0.2, 0.25) is 5.02 Å². The average Bonchev–Trinajstić information content (AvgIpc) is 2.51. The predicted molar refractivity (Wildman–Crippen MR) is 89.4 cm³/mol.